The molecule has 0 N–H and O–H groups in total. The largest absolute Gasteiger partial charge is 0.474 e. The Morgan fingerprint density at radius 3 is 2.12 bits per heavy atom. The van der Waals surface area contributed by atoms with Gasteiger partial charge < -0.3 is 4.74 Å². The molecule has 32 heavy (non-hydrogen) atoms. The Labute approximate surface area is 175 Å². The lowest BCUT2D eigenvalue weighted by atomic mass is 10.1. The van der Waals surface area contributed by atoms with Crippen LogP contribution in [0.2, 0.25) is 0 Å². The minimum Gasteiger partial charge on any atom is -0.474 e. The van der Waals surface area contributed by atoms with Crippen molar-refractivity contribution in [3.8, 4) is 5.88 Å². The molecule has 1 aromatic carbocycles. The summed E-state index contributed by atoms with van der Waals surface area (Å²) in [6, 6.07) is 1.17. The monoisotopic (exact) mass is 473 g/mol. The molecule has 0 saturated heterocycles. The lowest BCUT2D eigenvalue weighted by molar-refractivity contribution is -0.143. The van der Waals surface area contributed by atoms with E-state index in [1.165, 1.54) is 13.0 Å². The topological polar surface area (TPSA) is 39.4 Å². The van der Waals surface area contributed by atoms with E-state index >= 15 is 0 Å². The van der Waals surface area contributed by atoms with Gasteiger partial charge in [0.2, 0.25) is 5.62 Å². The minimum absolute atomic E-state index is 0.100. The number of rotatable bonds is 5. The first-order valence-electron chi connectivity index (χ1n) is 8.94. The van der Waals surface area contributed by atoms with Gasteiger partial charge in [-0.25, -0.2) is 9.98 Å². The van der Waals surface area contributed by atoms with E-state index in [-0.39, 0.29) is 25.1 Å². The van der Waals surface area contributed by atoms with E-state index in [0.29, 0.717) is 18.2 Å². The molecule has 0 atom stereocenters. The summed E-state index contributed by atoms with van der Waals surface area (Å²) in [7, 11) is 0. The summed E-state index contributed by atoms with van der Waals surface area (Å²) in [6.07, 6.45) is -12.3. The Bertz CT molecular complexity index is 1050. The van der Waals surface area contributed by atoms with Gasteiger partial charge in [-0.1, -0.05) is 12.2 Å². The van der Waals surface area contributed by atoms with Gasteiger partial charge in [0, 0.05) is 12.6 Å². The highest BCUT2D eigenvalue weighted by molar-refractivity contribution is 5.50. The van der Waals surface area contributed by atoms with Crippen molar-refractivity contribution in [2.75, 3.05) is 6.61 Å². The van der Waals surface area contributed by atoms with E-state index in [9.17, 15) is 39.5 Å². The first-order chi connectivity index (χ1) is 14.7. The van der Waals surface area contributed by atoms with Gasteiger partial charge in [0.1, 0.15) is 6.61 Å². The number of halogens is 9. The molecule has 13 heteroatoms. The van der Waals surface area contributed by atoms with Crippen LogP contribution < -0.4 is 10.4 Å². The third-order valence-electron chi connectivity index (χ3n) is 4.01. The molecule has 4 nitrogen and oxygen atoms in total. The SMILES string of the molecule is CC=CCOc1cc(C(F)(F)F)nc(=Nc2ccc(C(F)(F)F)cc2C(F)(F)F)n1CC. The van der Waals surface area contributed by atoms with Crippen LogP contribution in [0.15, 0.2) is 41.4 Å². The molecule has 176 valence electrons. The van der Waals surface area contributed by atoms with Crippen LogP contribution in [-0.4, -0.2) is 16.2 Å². The van der Waals surface area contributed by atoms with Crippen molar-refractivity contribution in [1.29, 1.82) is 0 Å². The summed E-state index contributed by atoms with van der Waals surface area (Å²) in [4.78, 5) is 6.81. The van der Waals surface area contributed by atoms with Crippen LogP contribution >= 0.6 is 0 Å². The quantitative estimate of drug-likeness (QED) is 0.386. The highest BCUT2D eigenvalue weighted by Crippen LogP contribution is 2.40. The normalized spacial score (nSPS) is 13.8. The average molecular weight is 473 g/mol. The summed E-state index contributed by atoms with van der Waals surface area (Å²) < 4.78 is 125. The second kappa shape index (κ2) is 9.25. The maximum absolute atomic E-state index is 13.4. The first kappa shape index (κ1) is 25.3. The van der Waals surface area contributed by atoms with Gasteiger partial charge in [-0.2, -0.15) is 39.5 Å². The molecule has 1 heterocycles. The highest BCUT2D eigenvalue weighted by atomic mass is 19.4. The lowest BCUT2D eigenvalue weighted by Gasteiger charge is -2.16. The molecule has 0 radical (unpaired) electrons. The molecule has 0 aliphatic rings. The molecular weight excluding hydrogens is 457 g/mol. The summed E-state index contributed by atoms with van der Waals surface area (Å²) in [6.45, 7) is 2.84. The summed E-state index contributed by atoms with van der Waals surface area (Å²) in [5.74, 6) is -0.382. The summed E-state index contributed by atoms with van der Waals surface area (Å²) in [5, 5.41) is 0. The average Bonchev–Trinajstić information content (AvgIpc) is 2.66. The second-order valence-electron chi connectivity index (χ2n) is 6.24. The van der Waals surface area contributed by atoms with Crippen molar-refractivity contribution in [2.45, 2.75) is 38.9 Å². The Morgan fingerprint density at radius 1 is 0.969 bits per heavy atom. The van der Waals surface area contributed by atoms with Crippen molar-refractivity contribution >= 4 is 5.69 Å². The first-order valence-corrected chi connectivity index (χ1v) is 8.94. The van der Waals surface area contributed by atoms with Crippen molar-refractivity contribution in [1.82, 2.24) is 9.55 Å². The van der Waals surface area contributed by atoms with E-state index in [1.807, 2.05) is 0 Å². The zero-order chi connectivity index (χ0) is 24.3. The zero-order valence-corrected chi connectivity index (χ0v) is 16.5. The van der Waals surface area contributed by atoms with Crippen LogP contribution in [0.5, 0.6) is 5.88 Å². The Morgan fingerprint density at radius 2 is 1.62 bits per heavy atom. The van der Waals surface area contributed by atoms with Gasteiger partial charge in [-0.3, -0.25) is 4.57 Å². The molecule has 1 aromatic heterocycles. The summed E-state index contributed by atoms with van der Waals surface area (Å²) >= 11 is 0. The van der Waals surface area contributed by atoms with Gasteiger partial charge in [-0.15, -0.1) is 0 Å². The van der Waals surface area contributed by atoms with Gasteiger partial charge in [0.05, 0.1) is 16.8 Å². The van der Waals surface area contributed by atoms with E-state index in [0.717, 1.165) is 4.57 Å². The Kier molecular flexibility index (Phi) is 7.30. The Hall–Kier alpha value is -2.99. The molecule has 2 rings (SSSR count). The Balaban J connectivity index is 2.83. The molecule has 2 aromatic rings. The van der Waals surface area contributed by atoms with E-state index in [4.69, 9.17) is 4.74 Å². The van der Waals surface area contributed by atoms with Gasteiger partial charge in [0.15, 0.2) is 11.6 Å². The number of ether oxygens (including phenoxy) is 1. The predicted molar refractivity (Wildman–Crippen MR) is 94.9 cm³/mol. The zero-order valence-electron chi connectivity index (χ0n) is 16.5. The van der Waals surface area contributed by atoms with Crippen LogP contribution in [0.1, 0.15) is 30.7 Å². The molecule has 0 bridgehead atoms. The number of hydrogen-bond acceptors (Lipinski definition) is 3. The molecular formula is C19H16F9N3O. The molecule has 0 fully saturated rings. The fourth-order valence-corrected chi connectivity index (χ4v) is 2.52. The minimum atomic E-state index is -5.26. The van der Waals surface area contributed by atoms with Crippen LogP contribution in [0.25, 0.3) is 0 Å². The smallest absolute Gasteiger partial charge is 0.433 e. The molecule has 0 saturated carbocycles. The van der Waals surface area contributed by atoms with Crippen molar-refractivity contribution in [3.63, 3.8) is 0 Å². The maximum atomic E-state index is 13.4. The lowest BCUT2D eigenvalue weighted by Crippen LogP contribution is -2.29. The standard InChI is InChI=1S/C19H16F9N3O/c1-3-5-8-32-15-10-14(19(26,27)28)30-16(31(15)4-2)29-13-7-6-11(17(20,21)22)9-12(13)18(23,24)25/h3,5-7,9-10H,4,8H2,1-2H3. The molecule has 0 aliphatic heterocycles. The van der Waals surface area contributed by atoms with Crippen molar-refractivity contribution in [3.05, 3.63) is 58.9 Å². The van der Waals surface area contributed by atoms with Crippen LogP contribution in [-0.2, 0) is 25.1 Å². The van der Waals surface area contributed by atoms with Crippen LogP contribution in [0, 0.1) is 0 Å². The molecule has 0 unspecified atom stereocenters. The number of allylic oxidation sites excluding steroid dienone is 1. The van der Waals surface area contributed by atoms with Crippen molar-refractivity contribution in [2.24, 2.45) is 4.99 Å². The second-order valence-corrected chi connectivity index (χ2v) is 6.24. The predicted octanol–water partition coefficient (Wildman–Crippen LogP) is 6.15. The van der Waals surface area contributed by atoms with Gasteiger partial charge in [-0.05, 0) is 32.0 Å². The highest BCUT2D eigenvalue weighted by Gasteiger charge is 2.38. The van der Waals surface area contributed by atoms with E-state index < -0.39 is 46.7 Å². The third-order valence-corrected chi connectivity index (χ3v) is 4.01. The third kappa shape index (κ3) is 6.04. The maximum Gasteiger partial charge on any atom is 0.433 e. The number of nitrogens with zero attached hydrogens (tertiary/aromatic N) is 3. The van der Waals surface area contributed by atoms with Crippen molar-refractivity contribution < 1.29 is 44.3 Å². The van der Waals surface area contributed by atoms with Crippen LogP contribution in [0.3, 0.4) is 0 Å². The van der Waals surface area contributed by atoms with E-state index in [1.54, 1.807) is 13.0 Å². The fraction of sp³-hybridized carbons (Fsp3) is 0.368. The van der Waals surface area contributed by atoms with Gasteiger partial charge in [0.25, 0.3) is 0 Å². The fourth-order valence-electron chi connectivity index (χ4n) is 2.52. The van der Waals surface area contributed by atoms with Gasteiger partial charge >= 0.3 is 18.5 Å². The van der Waals surface area contributed by atoms with Crippen LogP contribution in [0.4, 0.5) is 45.2 Å². The summed E-state index contributed by atoms with van der Waals surface area (Å²) in [5.41, 5.74) is -6.69. The number of hydrogen-bond donors (Lipinski definition) is 0. The molecule has 0 amide bonds. The van der Waals surface area contributed by atoms with E-state index in [2.05, 4.69) is 9.98 Å². The molecule has 0 spiro atoms. The number of aromatic nitrogens is 2. The molecule has 0 aliphatic carbocycles. The number of benzene rings is 1. The number of alkyl halides is 9.